The van der Waals surface area contributed by atoms with Gasteiger partial charge in [0.25, 0.3) is 0 Å². The Morgan fingerprint density at radius 3 is 2.92 bits per heavy atom. The molecule has 0 aliphatic rings. The molecule has 0 amide bonds. The third kappa shape index (κ3) is 2.23. The smallest absolute Gasteiger partial charge is 0.198 e. The molecule has 6 nitrogen and oxygen atoms in total. The van der Waals surface area contributed by atoms with Gasteiger partial charge in [-0.25, -0.2) is 4.39 Å². The van der Waals surface area contributed by atoms with Gasteiger partial charge in [0.05, 0.1) is 11.3 Å². The Labute approximate surface area is 135 Å². The maximum atomic E-state index is 13.3. The molecule has 0 saturated heterocycles. The predicted octanol–water partition coefficient (Wildman–Crippen LogP) is 2.80. The lowest BCUT2D eigenvalue weighted by molar-refractivity contribution is 0.103. The summed E-state index contributed by atoms with van der Waals surface area (Å²) < 4.78 is 15.1. The largest absolute Gasteiger partial charge is 0.507 e. The Morgan fingerprint density at radius 2 is 2.04 bits per heavy atom. The van der Waals surface area contributed by atoms with Crippen LogP contribution >= 0.6 is 0 Å². The monoisotopic (exact) mass is 322 g/mol. The average molecular weight is 322 g/mol. The number of halogens is 1. The highest BCUT2D eigenvalue weighted by molar-refractivity contribution is 6.11. The van der Waals surface area contributed by atoms with Gasteiger partial charge in [0.15, 0.2) is 17.3 Å². The summed E-state index contributed by atoms with van der Waals surface area (Å²) in [4.78, 5) is 15.4. The highest BCUT2D eigenvalue weighted by atomic mass is 19.1. The van der Waals surface area contributed by atoms with Crippen LogP contribution in [0, 0.1) is 5.82 Å². The molecule has 0 aliphatic heterocycles. The number of H-pyrrole nitrogens is 1. The van der Waals surface area contributed by atoms with E-state index in [0.717, 1.165) is 18.2 Å². The van der Waals surface area contributed by atoms with E-state index in [1.807, 2.05) is 24.4 Å². The molecule has 7 heteroatoms. The van der Waals surface area contributed by atoms with Crippen LogP contribution in [0.5, 0.6) is 5.75 Å². The molecule has 118 valence electrons. The number of aromatic nitrogens is 4. The second kappa shape index (κ2) is 5.31. The van der Waals surface area contributed by atoms with Crippen molar-refractivity contribution >= 4 is 11.4 Å². The van der Waals surface area contributed by atoms with Crippen molar-refractivity contribution in [1.29, 1.82) is 0 Å². The molecular formula is C17H11FN4O2. The van der Waals surface area contributed by atoms with Crippen LogP contribution < -0.4 is 0 Å². The second-order valence-electron chi connectivity index (χ2n) is 5.25. The number of aromatic amines is 1. The van der Waals surface area contributed by atoms with Gasteiger partial charge < -0.3 is 10.1 Å². The van der Waals surface area contributed by atoms with E-state index in [2.05, 4.69) is 15.2 Å². The number of phenolic OH excluding ortho intramolecular Hbond substituents is 1. The van der Waals surface area contributed by atoms with E-state index in [-0.39, 0.29) is 11.3 Å². The van der Waals surface area contributed by atoms with Gasteiger partial charge in [-0.1, -0.05) is 6.07 Å². The summed E-state index contributed by atoms with van der Waals surface area (Å²) in [5.41, 5.74) is 1.47. The summed E-state index contributed by atoms with van der Waals surface area (Å²) in [6.07, 6.45) is 3.30. The molecule has 0 spiro atoms. The fraction of sp³-hybridized carbons (Fsp3) is 0. The zero-order valence-electron chi connectivity index (χ0n) is 12.3. The number of benzene rings is 1. The van der Waals surface area contributed by atoms with Crippen molar-refractivity contribution in [2.75, 3.05) is 0 Å². The summed E-state index contributed by atoms with van der Waals surface area (Å²) in [6.45, 7) is 0. The van der Waals surface area contributed by atoms with E-state index in [1.54, 1.807) is 10.5 Å². The molecule has 4 aromatic rings. The molecule has 0 fully saturated rings. The van der Waals surface area contributed by atoms with Gasteiger partial charge in [-0.3, -0.25) is 9.20 Å². The number of nitrogens with zero attached hydrogens (tertiary/aromatic N) is 3. The summed E-state index contributed by atoms with van der Waals surface area (Å²) in [5, 5.41) is 17.9. The third-order valence-electron chi connectivity index (χ3n) is 3.70. The van der Waals surface area contributed by atoms with Crippen molar-refractivity contribution in [1.82, 2.24) is 19.6 Å². The maximum absolute atomic E-state index is 13.3. The van der Waals surface area contributed by atoms with Gasteiger partial charge >= 0.3 is 0 Å². The van der Waals surface area contributed by atoms with Crippen molar-refractivity contribution in [2.45, 2.75) is 0 Å². The molecule has 0 unspecified atom stereocenters. The van der Waals surface area contributed by atoms with Gasteiger partial charge in [-0.15, -0.1) is 10.2 Å². The molecule has 1 aromatic carbocycles. The average Bonchev–Trinajstić information content (AvgIpc) is 3.22. The van der Waals surface area contributed by atoms with Crippen molar-refractivity contribution in [2.24, 2.45) is 0 Å². The second-order valence-corrected chi connectivity index (χ2v) is 5.25. The molecule has 3 aromatic heterocycles. The number of hydrogen-bond donors (Lipinski definition) is 2. The standard InChI is InChI=1S/C17H11FN4O2/c18-11-4-5-14(23)12(8-11)16(24)10-7-13(19-9-10)17-21-20-15-3-1-2-6-22(15)17/h1-9,19,23H. The molecule has 0 bridgehead atoms. The molecule has 4 rings (SSSR count). The zero-order chi connectivity index (χ0) is 16.7. The molecular weight excluding hydrogens is 311 g/mol. The first-order chi connectivity index (χ1) is 11.6. The van der Waals surface area contributed by atoms with Crippen LogP contribution in [0.25, 0.3) is 17.2 Å². The van der Waals surface area contributed by atoms with Crippen LogP contribution in [0.15, 0.2) is 54.9 Å². The van der Waals surface area contributed by atoms with Crippen LogP contribution in [0.4, 0.5) is 4.39 Å². The lowest BCUT2D eigenvalue weighted by Gasteiger charge is -2.01. The van der Waals surface area contributed by atoms with Crippen molar-refractivity contribution in [3.8, 4) is 17.3 Å². The minimum absolute atomic E-state index is 0.0911. The lowest BCUT2D eigenvalue weighted by atomic mass is 10.0. The molecule has 0 radical (unpaired) electrons. The first kappa shape index (κ1) is 14.1. The van der Waals surface area contributed by atoms with Crippen molar-refractivity contribution < 1.29 is 14.3 Å². The molecule has 3 heterocycles. The number of pyridine rings is 1. The number of ketones is 1. The van der Waals surface area contributed by atoms with Gasteiger partial charge in [-0.05, 0) is 36.4 Å². The van der Waals surface area contributed by atoms with Gasteiger partial charge in [-0.2, -0.15) is 0 Å². The molecule has 2 N–H and O–H groups in total. The minimum atomic E-state index is -0.588. The minimum Gasteiger partial charge on any atom is -0.507 e. The third-order valence-corrected chi connectivity index (χ3v) is 3.70. The number of phenols is 1. The fourth-order valence-corrected chi connectivity index (χ4v) is 2.53. The quantitative estimate of drug-likeness (QED) is 0.568. The summed E-state index contributed by atoms with van der Waals surface area (Å²) in [5.74, 6) is -0.788. The van der Waals surface area contributed by atoms with E-state index < -0.39 is 11.6 Å². The fourth-order valence-electron chi connectivity index (χ4n) is 2.53. The number of carbonyl (C=O) groups is 1. The number of carbonyl (C=O) groups excluding carboxylic acids is 1. The van der Waals surface area contributed by atoms with E-state index in [0.29, 0.717) is 22.7 Å². The highest BCUT2D eigenvalue weighted by Crippen LogP contribution is 2.24. The first-order valence-corrected chi connectivity index (χ1v) is 7.15. The van der Waals surface area contributed by atoms with Gasteiger partial charge in [0.2, 0.25) is 0 Å². The number of rotatable bonds is 3. The maximum Gasteiger partial charge on any atom is 0.198 e. The first-order valence-electron chi connectivity index (χ1n) is 7.15. The van der Waals surface area contributed by atoms with Crippen molar-refractivity contribution in [3.05, 3.63) is 71.8 Å². The van der Waals surface area contributed by atoms with Crippen LogP contribution in [-0.4, -0.2) is 30.5 Å². The summed E-state index contributed by atoms with van der Waals surface area (Å²) in [7, 11) is 0. The lowest BCUT2D eigenvalue weighted by Crippen LogP contribution is -2.00. The van der Waals surface area contributed by atoms with Crippen LogP contribution in [-0.2, 0) is 0 Å². The van der Waals surface area contributed by atoms with E-state index >= 15 is 0 Å². The highest BCUT2D eigenvalue weighted by Gasteiger charge is 2.18. The van der Waals surface area contributed by atoms with Crippen molar-refractivity contribution in [3.63, 3.8) is 0 Å². The van der Waals surface area contributed by atoms with Gasteiger partial charge in [0, 0.05) is 18.0 Å². The SMILES string of the molecule is O=C(c1c[nH]c(-c2nnc3ccccn23)c1)c1cc(F)ccc1O. The van der Waals surface area contributed by atoms with Crippen LogP contribution in [0.3, 0.4) is 0 Å². The van der Waals surface area contributed by atoms with Gasteiger partial charge in [0.1, 0.15) is 11.6 Å². The molecule has 0 atom stereocenters. The Kier molecular flexibility index (Phi) is 3.13. The molecule has 24 heavy (non-hydrogen) atoms. The Balaban J connectivity index is 1.75. The van der Waals surface area contributed by atoms with E-state index in [9.17, 15) is 14.3 Å². The number of fused-ring (bicyclic) bond motifs is 1. The number of nitrogens with one attached hydrogen (secondary N) is 1. The zero-order valence-corrected chi connectivity index (χ0v) is 12.3. The number of aromatic hydroxyl groups is 1. The topological polar surface area (TPSA) is 83.3 Å². The summed E-state index contributed by atoms with van der Waals surface area (Å²) >= 11 is 0. The normalized spacial score (nSPS) is 11.0. The van der Waals surface area contributed by atoms with E-state index in [1.165, 1.54) is 6.20 Å². The Morgan fingerprint density at radius 1 is 1.17 bits per heavy atom. The van der Waals surface area contributed by atoms with Crippen LogP contribution in [0.1, 0.15) is 15.9 Å². The van der Waals surface area contributed by atoms with Crippen LogP contribution in [0.2, 0.25) is 0 Å². The predicted molar refractivity (Wildman–Crippen MR) is 84.3 cm³/mol. The molecule has 0 saturated carbocycles. The molecule has 0 aliphatic carbocycles. The Bertz CT molecular complexity index is 1070. The summed E-state index contributed by atoms with van der Waals surface area (Å²) in [6, 6.07) is 10.4. The number of hydrogen-bond acceptors (Lipinski definition) is 4. The Hall–Kier alpha value is -3.48. The van der Waals surface area contributed by atoms with E-state index in [4.69, 9.17) is 0 Å².